The van der Waals surface area contributed by atoms with Gasteiger partial charge in [-0.3, -0.25) is 4.79 Å². The molecule has 32 heavy (non-hydrogen) atoms. The number of rotatable bonds is 8. The van der Waals surface area contributed by atoms with Gasteiger partial charge in [-0.05, 0) is 36.6 Å². The minimum atomic E-state index is -3.61. The van der Waals surface area contributed by atoms with Gasteiger partial charge in [-0.1, -0.05) is 42.5 Å². The molecular weight excluding hydrogens is 430 g/mol. The van der Waals surface area contributed by atoms with Crippen LogP contribution in [0.5, 0.6) is 0 Å². The van der Waals surface area contributed by atoms with Gasteiger partial charge < -0.3 is 14.5 Å². The summed E-state index contributed by atoms with van der Waals surface area (Å²) in [7, 11) is -3.61. The molecule has 1 N–H and O–H groups in total. The Labute approximate surface area is 189 Å². The Bertz CT molecular complexity index is 1000. The zero-order valence-corrected chi connectivity index (χ0v) is 19.0. The van der Waals surface area contributed by atoms with Gasteiger partial charge in [0.25, 0.3) is 0 Å². The molecule has 172 valence electrons. The fourth-order valence-electron chi connectivity index (χ4n) is 3.46. The molecule has 8 nitrogen and oxygen atoms in total. The van der Waals surface area contributed by atoms with E-state index >= 15 is 0 Å². The molecule has 9 heteroatoms. The van der Waals surface area contributed by atoms with Crippen molar-refractivity contribution in [2.75, 3.05) is 32.8 Å². The molecule has 0 aliphatic carbocycles. The van der Waals surface area contributed by atoms with E-state index in [0.717, 1.165) is 11.1 Å². The second kappa shape index (κ2) is 11.1. The second-order valence-electron chi connectivity index (χ2n) is 7.52. The van der Waals surface area contributed by atoms with Crippen molar-refractivity contribution in [1.29, 1.82) is 0 Å². The van der Waals surface area contributed by atoms with Crippen LogP contribution in [0.2, 0.25) is 0 Å². The van der Waals surface area contributed by atoms with Gasteiger partial charge >= 0.3 is 6.09 Å². The fourth-order valence-corrected chi connectivity index (χ4v) is 4.47. The van der Waals surface area contributed by atoms with Gasteiger partial charge in [-0.25, -0.2) is 17.9 Å². The Balaban J connectivity index is 1.46. The molecule has 0 spiro atoms. The van der Waals surface area contributed by atoms with E-state index in [1.54, 1.807) is 41.0 Å². The first-order chi connectivity index (χ1) is 15.4. The van der Waals surface area contributed by atoms with Gasteiger partial charge in [-0.15, -0.1) is 0 Å². The average Bonchev–Trinajstić information content (AvgIpc) is 2.82. The van der Waals surface area contributed by atoms with E-state index in [2.05, 4.69) is 4.72 Å². The summed E-state index contributed by atoms with van der Waals surface area (Å²) in [5.74, 6) is 0.0229. The maximum Gasteiger partial charge on any atom is 0.409 e. The van der Waals surface area contributed by atoms with Crippen molar-refractivity contribution in [3.8, 4) is 0 Å². The Kier molecular flexibility index (Phi) is 8.24. The molecule has 2 aromatic rings. The molecule has 0 atom stereocenters. The van der Waals surface area contributed by atoms with Gasteiger partial charge in [0.15, 0.2) is 0 Å². The largest absolute Gasteiger partial charge is 0.450 e. The number of nitrogens with zero attached hydrogens (tertiary/aromatic N) is 2. The SMILES string of the molecule is CCOC(=O)N1CCN(C(=O)CCc2ccc(S(=O)(=O)NCc3ccccc3)cc2)CC1. The summed E-state index contributed by atoms with van der Waals surface area (Å²) in [4.78, 5) is 27.8. The van der Waals surface area contributed by atoms with Crippen molar-refractivity contribution in [1.82, 2.24) is 14.5 Å². The third-order valence-corrected chi connectivity index (χ3v) is 6.75. The number of hydrogen-bond donors (Lipinski definition) is 1. The molecule has 1 aliphatic heterocycles. The Morgan fingerprint density at radius 1 is 0.906 bits per heavy atom. The van der Waals surface area contributed by atoms with E-state index < -0.39 is 10.0 Å². The number of hydrogen-bond acceptors (Lipinski definition) is 5. The average molecular weight is 460 g/mol. The fraction of sp³-hybridized carbons (Fsp3) is 0.391. The standard InChI is InChI=1S/C23H29N3O5S/c1-2-31-23(28)26-16-14-25(15-17-26)22(27)13-10-19-8-11-21(12-9-19)32(29,30)24-18-20-6-4-3-5-7-20/h3-9,11-12,24H,2,10,13-18H2,1H3. The minimum absolute atomic E-state index is 0.0229. The summed E-state index contributed by atoms with van der Waals surface area (Å²) in [6.45, 7) is 4.23. The third-order valence-electron chi connectivity index (χ3n) is 5.33. The Morgan fingerprint density at radius 3 is 2.16 bits per heavy atom. The molecule has 1 fully saturated rings. The van der Waals surface area contributed by atoms with E-state index in [-0.39, 0.29) is 23.4 Å². The van der Waals surface area contributed by atoms with Gasteiger partial charge in [0, 0.05) is 39.1 Å². The van der Waals surface area contributed by atoms with Gasteiger partial charge in [0.1, 0.15) is 0 Å². The number of nitrogens with one attached hydrogen (secondary N) is 1. The molecule has 2 aromatic carbocycles. The molecule has 0 radical (unpaired) electrons. The summed E-state index contributed by atoms with van der Waals surface area (Å²) in [5.41, 5.74) is 1.78. The second-order valence-corrected chi connectivity index (χ2v) is 9.29. The molecule has 0 saturated carbocycles. The van der Waals surface area contributed by atoms with Crippen LogP contribution in [0.25, 0.3) is 0 Å². The smallest absolute Gasteiger partial charge is 0.409 e. The van der Waals surface area contributed by atoms with Crippen molar-refractivity contribution < 1.29 is 22.7 Å². The number of carbonyl (C=O) groups is 2. The van der Waals surface area contributed by atoms with Gasteiger partial charge in [0.2, 0.25) is 15.9 Å². The lowest BCUT2D eigenvalue weighted by atomic mass is 10.1. The lowest BCUT2D eigenvalue weighted by molar-refractivity contribution is -0.132. The van der Waals surface area contributed by atoms with Crippen molar-refractivity contribution in [2.45, 2.75) is 31.2 Å². The van der Waals surface area contributed by atoms with E-state index in [9.17, 15) is 18.0 Å². The molecule has 0 bridgehead atoms. The van der Waals surface area contributed by atoms with E-state index in [0.29, 0.717) is 45.6 Å². The van der Waals surface area contributed by atoms with Crippen LogP contribution in [-0.2, 0) is 32.5 Å². The van der Waals surface area contributed by atoms with Crippen LogP contribution >= 0.6 is 0 Å². The number of ether oxygens (including phenoxy) is 1. The zero-order chi connectivity index (χ0) is 23.0. The summed E-state index contributed by atoms with van der Waals surface area (Å²) in [6, 6.07) is 15.9. The van der Waals surface area contributed by atoms with Crippen LogP contribution in [0.4, 0.5) is 4.79 Å². The predicted octanol–water partition coefficient (Wildman–Crippen LogP) is 2.40. The molecule has 1 saturated heterocycles. The lowest BCUT2D eigenvalue weighted by Gasteiger charge is -2.34. The van der Waals surface area contributed by atoms with Crippen LogP contribution in [0.3, 0.4) is 0 Å². The molecule has 0 aromatic heterocycles. The van der Waals surface area contributed by atoms with Crippen LogP contribution in [0.1, 0.15) is 24.5 Å². The predicted molar refractivity (Wildman–Crippen MR) is 120 cm³/mol. The van der Waals surface area contributed by atoms with E-state index in [1.165, 1.54) is 0 Å². The molecule has 1 heterocycles. The summed E-state index contributed by atoms with van der Waals surface area (Å²) in [5, 5.41) is 0. The van der Waals surface area contributed by atoms with Crippen LogP contribution in [0, 0.1) is 0 Å². The maximum absolute atomic E-state index is 12.5. The number of aryl methyl sites for hydroxylation is 1. The zero-order valence-electron chi connectivity index (χ0n) is 18.2. The Morgan fingerprint density at radius 2 is 1.53 bits per heavy atom. The first kappa shape index (κ1) is 23.7. The maximum atomic E-state index is 12.5. The van der Waals surface area contributed by atoms with Gasteiger partial charge in [-0.2, -0.15) is 0 Å². The summed E-state index contributed by atoms with van der Waals surface area (Å²) in [6.07, 6.45) is 0.514. The number of carbonyl (C=O) groups excluding carboxylic acids is 2. The molecular formula is C23H29N3O5S. The van der Waals surface area contributed by atoms with Crippen LogP contribution in [0.15, 0.2) is 59.5 Å². The summed E-state index contributed by atoms with van der Waals surface area (Å²) < 4.78 is 32.6. The van der Waals surface area contributed by atoms with Crippen molar-refractivity contribution in [3.05, 3.63) is 65.7 Å². The molecule has 3 rings (SSSR count). The van der Waals surface area contributed by atoms with Crippen molar-refractivity contribution >= 4 is 22.0 Å². The third kappa shape index (κ3) is 6.54. The topological polar surface area (TPSA) is 96.0 Å². The Hall–Kier alpha value is -2.91. The highest BCUT2D eigenvalue weighted by Gasteiger charge is 2.24. The summed E-state index contributed by atoms with van der Waals surface area (Å²) >= 11 is 0. The highest BCUT2D eigenvalue weighted by molar-refractivity contribution is 7.89. The molecule has 1 aliphatic rings. The minimum Gasteiger partial charge on any atom is -0.450 e. The van der Waals surface area contributed by atoms with Crippen molar-refractivity contribution in [3.63, 3.8) is 0 Å². The monoisotopic (exact) mass is 459 g/mol. The number of benzene rings is 2. The van der Waals surface area contributed by atoms with E-state index in [4.69, 9.17) is 4.74 Å². The highest BCUT2D eigenvalue weighted by atomic mass is 32.2. The molecule has 2 amide bonds. The number of sulfonamides is 1. The first-order valence-electron chi connectivity index (χ1n) is 10.7. The van der Waals surface area contributed by atoms with Crippen molar-refractivity contribution in [2.24, 2.45) is 0 Å². The number of amides is 2. The van der Waals surface area contributed by atoms with Crippen LogP contribution in [-0.4, -0.2) is 63.0 Å². The van der Waals surface area contributed by atoms with Gasteiger partial charge in [0.05, 0.1) is 11.5 Å². The number of piperazine rings is 1. The van der Waals surface area contributed by atoms with Crippen LogP contribution < -0.4 is 4.72 Å². The lowest BCUT2D eigenvalue weighted by Crippen LogP contribution is -2.50. The normalized spacial score (nSPS) is 14.3. The molecule has 0 unspecified atom stereocenters. The van der Waals surface area contributed by atoms with E-state index in [1.807, 2.05) is 30.3 Å². The first-order valence-corrected chi connectivity index (χ1v) is 12.2. The highest BCUT2D eigenvalue weighted by Crippen LogP contribution is 2.14. The quantitative estimate of drug-likeness (QED) is 0.654.